The summed E-state index contributed by atoms with van der Waals surface area (Å²) in [6.07, 6.45) is 0. The van der Waals surface area contributed by atoms with Gasteiger partial charge in [0.1, 0.15) is 5.75 Å². The van der Waals surface area contributed by atoms with Crippen LogP contribution in [0.4, 0.5) is 0 Å². The lowest BCUT2D eigenvalue weighted by atomic mass is 10.1. The van der Waals surface area contributed by atoms with Crippen LogP contribution >= 0.6 is 0 Å². The maximum atomic E-state index is 12.2. The van der Waals surface area contributed by atoms with Crippen LogP contribution in [0.15, 0.2) is 18.2 Å². The minimum Gasteiger partial charge on any atom is -0.496 e. The first-order valence-electron chi connectivity index (χ1n) is 5.39. The molecule has 0 heterocycles. The molecule has 0 fully saturated rings. The lowest BCUT2D eigenvalue weighted by Crippen LogP contribution is -2.33. The van der Waals surface area contributed by atoms with Crippen molar-refractivity contribution in [1.29, 1.82) is 0 Å². The Labute approximate surface area is 97.0 Å². The van der Waals surface area contributed by atoms with E-state index in [0.717, 1.165) is 5.56 Å². The van der Waals surface area contributed by atoms with Gasteiger partial charge in [-0.1, -0.05) is 12.1 Å². The van der Waals surface area contributed by atoms with Crippen molar-refractivity contribution in [3.8, 4) is 5.75 Å². The largest absolute Gasteiger partial charge is 0.496 e. The van der Waals surface area contributed by atoms with Gasteiger partial charge in [0.15, 0.2) is 0 Å². The Morgan fingerprint density at radius 2 is 2.00 bits per heavy atom. The van der Waals surface area contributed by atoms with Crippen molar-refractivity contribution in [1.82, 2.24) is 4.90 Å². The van der Waals surface area contributed by atoms with E-state index in [-0.39, 0.29) is 11.9 Å². The van der Waals surface area contributed by atoms with Gasteiger partial charge in [-0.05, 0) is 32.4 Å². The maximum absolute atomic E-state index is 12.2. The van der Waals surface area contributed by atoms with E-state index in [9.17, 15) is 4.79 Å². The molecule has 0 bridgehead atoms. The van der Waals surface area contributed by atoms with Crippen molar-refractivity contribution in [3.05, 3.63) is 29.3 Å². The first-order chi connectivity index (χ1) is 7.49. The van der Waals surface area contributed by atoms with Gasteiger partial charge in [0.2, 0.25) is 0 Å². The third-order valence-electron chi connectivity index (χ3n) is 2.76. The van der Waals surface area contributed by atoms with Gasteiger partial charge in [-0.15, -0.1) is 0 Å². The topological polar surface area (TPSA) is 29.5 Å². The quantitative estimate of drug-likeness (QED) is 0.784. The van der Waals surface area contributed by atoms with Crippen LogP contribution in [0, 0.1) is 6.92 Å². The third-order valence-corrected chi connectivity index (χ3v) is 2.76. The van der Waals surface area contributed by atoms with E-state index in [0.29, 0.717) is 11.3 Å². The van der Waals surface area contributed by atoms with E-state index in [2.05, 4.69) is 0 Å². The number of carbonyl (C=O) groups is 1. The minimum atomic E-state index is 0.00458. The van der Waals surface area contributed by atoms with Crippen LogP contribution in [0.2, 0.25) is 0 Å². The molecule has 1 aromatic rings. The first kappa shape index (κ1) is 12.6. The van der Waals surface area contributed by atoms with Crippen molar-refractivity contribution in [3.63, 3.8) is 0 Å². The Balaban J connectivity index is 3.17. The van der Waals surface area contributed by atoms with Crippen LogP contribution in [-0.2, 0) is 0 Å². The number of nitrogens with zero attached hydrogens (tertiary/aromatic N) is 1. The van der Waals surface area contributed by atoms with Crippen LogP contribution < -0.4 is 4.74 Å². The molecule has 0 aromatic heterocycles. The number of rotatable bonds is 3. The molecule has 1 rings (SSSR count). The standard InChI is InChI=1S/C13H19NO2/c1-9(2)14(4)13(15)12-10(3)7-6-8-11(12)16-5/h6-9H,1-5H3. The summed E-state index contributed by atoms with van der Waals surface area (Å²) in [5.41, 5.74) is 1.60. The Hall–Kier alpha value is -1.51. The van der Waals surface area contributed by atoms with E-state index in [4.69, 9.17) is 4.74 Å². The third kappa shape index (κ3) is 2.35. The van der Waals surface area contributed by atoms with Crippen LogP contribution in [-0.4, -0.2) is 31.0 Å². The van der Waals surface area contributed by atoms with Gasteiger partial charge >= 0.3 is 0 Å². The highest BCUT2D eigenvalue weighted by molar-refractivity contribution is 5.98. The lowest BCUT2D eigenvalue weighted by molar-refractivity contribution is 0.0751. The molecule has 88 valence electrons. The zero-order valence-electron chi connectivity index (χ0n) is 10.6. The normalized spacial score (nSPS) is 10.4. The van der Waals surface area contributed by atoms with Crippen LogP contribution in [0.3, 0.4) is 0 Å². The molecule has 3 heteroatoms. The van der Waals surface area contributed by atoms with E-state index >= 15 is 0 Å². The number of carbonyl (C=O) groups excluding carboxylic acids is 1. The second-order valence-electron chi connectivity index (χ2n) is 4.16. The highest BCUT2D eigenvalue weighted by Gasteiger charge is 2.20. The molecule has 0 saturated carbocycles. The first-order valence-corrected chi connectivity index (χ1v) is 5.39. The average Bonchev–Trinajstić information content (AvgIpc) is 2.26. The predicted molar refractivity (Wildman–Crippen MR) is 65.0 cm³/mol. The number of hydrogen-bond acceptors (Lipinski definition) is 2. The number of aryl methyl sites for hydroxylation is 1. The summed E-state index contributed by atoms with van der Waals surface area (Å²) in [6.45, 7) is 5.90. The molecule has 1 aromatic carbocycles. The van der Waals surface area contributed by atoms with Gasteiger partial charge in [-0.2, -0.15) is 0 Å². The summed E-state index contributed by atoms with van der Waals surface area (Å²) < 4.78 is 5.23. The zero-order chi connectivity index (χ0) is 12.3. The molecule has 0 N–H and O–H groups in total. The van der Waals surface area contributed by atoms with Crippen molar-refractivity contribution < 1.29 is 9.53 Å². The Morgan fingerprint density at radius 1 is 1.38 bits per heavy atom. The maximum Gasteiger partial charge on any atom is 0.257 e. The summed E-state index contributed by atoms with van der Waals surface area (Å²) >= 11 is 0. The molecule has 0 saturated heterocycles. The molecule has 0 unspecified atom stereocenters. The highest BCUT2D eigenvalue weighted by atomic mass is 16.5. The van der Waals surface area contributed by atoms with Crippen molar-refractivity contribution in [2.45, 2.75) is 26.8 Å². The van der Waals surface area contributed by atoms with Gasteiger partial charge in [0.05, 0.1) is 12.7 Å². The molecule has 0 aliphatic rings. The van der Waals surface area contributed by atoms with Crippen LogP contribution in [0.1, 0.15) is 29.8 Å². The summed E-state index contributed by atoms with van der Waals surface area (Å²) in [4.78, 5) is 13.9. The lowest BCUT2D eigenvalue weighted by Gasteiger charge is -2.23. The van der Waals surface area contributed by atoms with Crippen molar-refractivity contribution in [2.75, 3.05) is 14.2 Å². The van der Waals surface area contributed by atoms with Crippen molar-refractivity contribution in [2.24, 2.45) is 0 Å². The molecule has 0 aliphatic heterocycles. The van der Waals surface area contributed by atoms with Crippen molar-refractivity contribution >= 4 is 5.91 Å². The summed E-state index contributed by atoms with van der Waals surface area (Å²) in [5, 5.41) is 0. The van der Waals surface area contributed by atoms with Gasteiger partial charge in [0, 0.05) is 13.1 Å². The molecule has 0 spiro atoms. The summed E-state index contributed by atoms with van der Waals surface area (Å²) in [7, 11) is 3.39. The second kappa shape index (κ2) is 5.01. The SMILES string of the molecule is COc1cccc(C)c1C(=O)N(C)C(C)C. The van der Waals surface area contributed by atoms with Gasteiger partial charge in [0.25, 0.3) is 5.91 Å². The van der Waals surface area contributed by atoms with E-state index in [1.165, 1.54) is 0 Å². The highest BCUT2D eigenvalue weighted by Crippen LogP contribution is 2.23. The smallest absolute Gasteiger partial charge is 0.257 e. The average molecular weight is 221 g/mol. The fraction of sp³-hybridized carbons (Fsp3) is 0.462. The van der Waals surface area contributed by atoms with E-state index in [1.54, 1.807) is 19.1 Å². The Morgan fingerprint density at radius 3 is 2.50 bits per heavy atom. The summed E-state index contributed by atoms with van der Waals surface area (Å²) in [5.74, 6) is 0.641. The van der Waals surface area contributed by atoms with Gasteiger partial charge < -0.3 is 9.64 Å². The van der Waals surface area contributed by atoms with E-state index in [1.807, 2.05) is 39.0 Å². The van der Waals surface area contributed by atoms with Crippen LogP contribution in [0.25, 0.3) is 0 Å². The summed E-state index contributed by atoms with van der Waals surface area (Å²) in [6, 6.07) is 5.80. The molecular formula is C13H19NO2. The van der Waals surface area contributed by atoms with Gasteiger partial charge in [-0.25, -0.2) is 0 Å². The Bertz CT molecular complexity index is 386. The number of methoxy groups -OCH3 is 1. The molecule has 16 heavy (non-hydrogen) atoms. The monoisotopic (exact) mass is 221 g/mol. The number of ether oxygens (including phenoxy) is 1. The number of amides is 1. The molecular weight excluding hydrogens is 202 g/mol. The second-order valence-corrected chi connectivity index (χ2v) is 4.16. The molecule has 0 atom stereocenters. The fourth-order valence-corrected chi connectivity index (χ4v) is 1.50. The van der Waals surface area contributed by atoms with Gasteiger partial charge in [-0.3, -0.25) is 4.79 Å². The molecule has 0 aliphatic carbocycles. The van der Waals surface area contributed by atoms with Crippen LogP contribution in [0.5, 0.6) is 5.75 Å². The minimum absolute atomic E-state index is 0.00458. The zero-order valence-corrected chi connectivity index (χ0v) is 10.6. The van der Waals surface area contributed by atoms with E-state index < -0.39 is 0 Å². The molecule has 0 radical (unpaired) electrons. The molecule has 1 amide bonds. The Kier molecular flexibility index (Phi) is 3.93. The fourth-order valence-electron chi connectivity index (χ4n) is 1.50. The number of benzene rings is 1. The predicted octanol–water partition coefficient (Wildman–Crippen LogP) is 2.48. The molecule has 3 nitrogen and oxygen atoms in total. The number of hydrogen-bond donors (Lipinski definition) is 0.